The van der Waals surface area contributed by atoms with Crippen LogP contribution in [0, 0.1) is 0 Å². The molecule has 0 spiro atoms. The molecule has 5 aromatic rings. The van der Waals surface area contributed by atoms with Crippen LogP contribution < -0.4 is 10.9 Å². The summed E-state index contributed by atoms with van der Waals surface area (Å²) in [4.78, 5) is 18.0. The number of thiazole rings is 1. The topological polar surface area (TPSA) is 72.2 Å². The van der Waals surface area contributed by atoms with E-state index in [1.165, 1.54) is 40.0 Å². The summed E-state index contributed by atoms with van der Waals surface area (Å²) in [5, 5.41) is 12.5. The average molecular weight is 466 g/mol. The first-order valence-electron chi connectivity index (χ1n) is 9.80. The Morgan fingerprint density at radius 3 is 2.68 bits per heavy atom. The maximum Gasteiger partial charge on any atom is 0.259 e. The fourth-order valence-corrected chi connectivity index (χ4v) is 5.94. The zero-order chi connectivity index (χ0) is 21.4. The van der Waals surface area contributed by atoms with Gasteiger partial charge in [0.2, 0.25) is 5.13 Å². The van der Waals surface area contributed by atoms with Crippen LogP contribution in [-0.2, 0) is 5.75 Å². The van der Waals surface area contributed by atoms with E-state index < -0.39 is 0 Å². The minimum atomic E-state index is -0.0532. The van der Waals surface area contributed by atoms with Crippen LogP contribution in [0.25, 0.3) is 15.2 Å². The third kappa shape index (κ3) is 4.21. The first-order valence-corrected chi connectivity index (χ1v) is 12.4. The second kappa shape index (κ2) is 8.41. The van der Waals surface area contributed by atoms with Gasteiger partial charge in [-0.05, 0) is 35.7 Å². The van der Waals surface area contributed by atoms with Crippen LogP contribution in [-0.4, -0.2) is 19.6 Å². The number of thioether (sulfide) groups is 1. The van der Waals surface area contributed by atoms with Gasteiger partial charge in [-0.2, -0.15) is 0 Å². The maximum atomic E-state index is 12.6. The lowest BCUT2D eigenvalue weighted by molar-refractivity contribution is 0.867. The van der Waals surface area contributed by atoms with Crippen molar-refractivity contribution >= 4 is 60.4 Å². The number of aromatic nitrogens is 4. The Kier molecular flexibility index (Phi) is 5.47. The van der Waals surface area contributed by atoms with Crippen LogP contribution >= 0.6 is 34.4 Å². The quantitative estimate of drug-likeness (QED) is 0.314. The number of rotatable bonds is 6. The van der Waals surface area contributed by atoms with Gasteiger partial charge in [0.05, 0.1) is 15.9 Å². The van der Waals surface area contributed by atoms with Gasteiger partial charge in [0, 0.05) is 17.5 Å². The Hall–Kier alpha value is -2.75. The molecule has 5 rings (SSSR count). The van der Waals surface area contributed by atoms with Gasteiger partial charge in [0.25, 0.3) is 5.56 Å². The third-order valence-electron chi connectivity index (χ3n) is 4.83. The van der Waals surface area contributed by atoms with Crippen LogP contribution in [0.4, 0.5) is 10.8 Å². The molecule has 0 bridgehead atoms. The normalized spacial score (nSPS) is 11.6. The first-order chi connectivity index (χ1) is 15.1. The molecule has 0 saturated heterocycles. The highest BCUT2D eigenvalue weighted by Crippen LogP contribution is 2.30. The van der Waals surface area contributed by atoms with Crippen LogP contribution in [0.5, 0.6) is 0 Å². The molecule has 3 aromatic heterocycles. The van der Waals surface area contributed by atoms with Crippen molar-refractivity contribution in [2.24, 2.45) is 0 Å². The Labute approximate surface area is 191 Å². The molecule has 3 heterocycles. The summed E-state index contributed by atoms with van der Waals surface area (Å²) in [7, 11) is 0. The number of hydrogen-bond donors (Lipinski definition) is 1. The number of nitrogens with zero attached hydrogens (tertiary/aromatic N) is 4. The Morgan fingerprint density at radius 1 is 1.06 bits per heavy atom. The van der Waals surface area contributed by atoms with Crippen molar-refractivity contribution in [3.8, 4) is 0 Å². The molecule has 31 heavy (non-hydrogen) atoms. The lowest BCUT2D eigenvalue weighted by atomic mass is 10.0. The first kappa shape index (κ1) is 20.2. The molecule has 1 N–H and O–H groups in total. The third-order valence-corrected chi connectivity index (χ3v) is 7.85. The van der Waals surface area contributed by atoms with Gasteiger partial charge in [0.1, 0.15) is 0 Å². The molecule has 0 radical (unpaired) electrons. The number of benzene rings is 2. The molecular weight excluding hydrogens is 446 g/mol. The summed E-state index contributed by atoms with van der Waals surface area (Å²) in [6.45, 7) is 4.36. The van der Waals surface area contributed by atoms with Gasteiger partial charge in [-0.3, -0.25) is 9.20 Å². The molecule has 0 unspecified atom stereocenters. The highest BCUT2D eigenvalue weighted by Gasteiger charge is 2.11. The van der Waals surface area contributed by atoms with E-state index in [1.54, 1.807) is 10.5 Å². The minimum absolute atomic E-state index is 0.0532. The minimum Gasteiger partial charge on any atom is -0.330 e. The zero-order valence-electron chi connectivity index (χ0n) is 16.9. The summed E-state index contributed by atoms with van der Waals surface area (Å²) >= 11 is 4.55. The van der Waals surface area contributed by atoms with Gasteiger partial charge < -0.3 is 5.32 Å². The molecule has 0 aliphatic rings. The average Bonchev–Trinajstić information content (AvgIpc) is 3.36. The fourth-order valence-electron chi connectivity index (χ4n) is 3.23. The van der Waals surface area contributed by atoms with Gasteiger partial charge in [-0.25, -0.2) is 4.98 Å². The maximum absolute atomic E-state index is 12.6. The predicted molar refractivity (Wildman–Crippen MR) is 130 cm³/mol. The largest absolute Gasteiger partial charge is 0.330 e. The fraction of sp³-hybridized carbons (Fsp3) is 0.182. The van der Waals surface area contributed by atoms with Gasteiger partial charge in [-0.15, -0.1) is 10.2 Å². The second-order valence-electron chi connectivity index (χ2n) is 7.34. The van der Waals surface area contributed by atoms with E-state index in [1.807, 2.05) is 24.3 Å². The molecule has 0 amide bonds. The van der Waals surface area contributed by atoms with Crippen molar-refractivity contribution in [2.75, 3.05) is 5.32 Å². The number of fused-ring (bicyclic) bond motifs is 3. The van der Waals surface area contributed by atoms with Gasteiger partial charge in [0.15, 0.2) is 9.30 Å². The monoisotopic (exact) mass is 465 g/mol. The SMILES string of the molecule is CC(C)c1ccc(Nc2nnc(SCc3cc(=O)n4c(n3)sc3ccccc34)s2)cc1. The molecule has 0 aliphatic carbocycles. The number of hydrogen-bond acceptors (Lipinski definition) is 8. The van der Waals surface area contributed by atoms with E-state index >= 15 is 0 Å². The predicted octanol–water partition coefficient (Wildman–Crippen LogP) is 5.92. The van der Waals surface area contributed by atoms with Crippen molar-refractivity contribution in [3.63, 3.8) is 0 Å². The lowest BCUT2D eigenvalue weighted by Crippen LogP contribution is -2.13. The summed E-state index contributed by atoms with van der Waals surface area (Å²) in [6, 6.07) is 17.8. The van der Waals surface area contributed by atoms with Crippen LogP contribution in [0.2, 0.25) is 0 Å². The van der Waals surface area contributed by atoms with Crippen molar-refractivity contribution in [1.82, 2.24) is 19.6 Å². The Bertz CT molecular complexity index is 1420. The summed E-state index contributed by atoms with van der Waals surface area (Å²) < 4.78 is 3.56. The van der Waals surface area contributed by atoms with Crippen molar-refractivity contribution < 1.29 is 0 Å². The standard InChI is InChI=1S/C22H19N5OS3/c1-13(2)14-7-9-15(10-8-14)23-20-25-26-22(31-20)29-12-16-11-19(28)27-17-5-3-4-6-18(17)30-21(27)24-16/h3-11,13H,12H2,1-2H3,(H,23,25). The molecule has 156 valence electrons. The van der Waals surface area contributed by atoms with E-state index in [2.05, 4.69) is 58.6 Å². The van der Waals surface area contributed by atoms with E-state index in [0.717, 1.165) is 31.1 Å². The van der Waals surface area contributed by atoms with E-state index in [0.29, 0.717) is 16.6 Å². The van der Waals surface area contributed by atoms with Crippen molar-refractivity contribution in [2.45, 2.75) is 29.9 Å². The molecule has 2 aromatic carbocycles. The highest BCUT2D eigenvalue weighted by atomic mass is 32.2. The smallest absolute Gasteiger partial charge is 0.259 e. The molecule has 0 fully saturated rings. The number of nitrogens with one attached hydrogen (secondary N) is 1. The van der Waals surface area contributed by atoms with Crippen molar-refractivity contribution in [1.29, 1.82) is 0 Å². The number of para-hydroxylation sites is 1. The van der Waals surface area contributed by atoms with Crippen LogP contribution in [0.15, 0.2) is 63.7 Å². The zero-order valence-corrected chi connectivity index (χ0v) is 19.4. The van der Waals surface area contributed by atoms with E-state index in [4.69, 9.17) is 0 Å². The molecule has 0 atom stereocenters. The summed E-state index contributed by atoms with van der Waals surface area (Å²) in [5.74, 6) is 1.07. The van der Waals surface area contributed by atoms with Gasteiger partial charge >= 0.3 is 0 Å². The van der Waals surface area contributed by atoms with Gasteiger partial charge in [-0.1, -0.05) is 72.5 Å². The van der Waals surface area contributed by atoms with Crippen LogP contribution in [0.3, 0.4) is 0 Å². The number of anilines is 2. The Balaban J connectivity index is 1.29. The molecular formula is C22H19N5OS3. The molecule has 9 heteroatoms. The highest BCUT2D eigenvalue weighted by molar-refractivity contribution is 8.00. The van der Waals surface area contributed by atoms with Crippen LogP contribution in [0.1, 0.15) is 31.0 Å². The summed E-state index contributed by atoms with van der Waals surface area (Å²) in [6.07, 6.45) is 0. The van der Waals surface area contributed by atoms with Crippen molar-refractivity contribution in [3.05, 3.63) is 76.2 Å². The van der Waals surface area contributed by atoms with E-state index in [-0.39, 0.29) is 5.56 Å². The molecule has 0 saturated carbocycles. The lowest BCUT2D eigenvalue weighted by Gasteiger charge is -2.06. The molecule has 6 nitrogen and oxygen atoms in total. The Morgan fingerprint density at radius 2 is 1.87 bits per heavy atom. The summed E-state index contributed by atoms with van der Waals surface area (Å²) in [5.41, 5.74) is 3.89. The second-order valence-corrected chi connectivity index (χ2v) is 10.5. The van der Waals surface area contributed by atoms with E-state index in [9.17, 15) is 4.79 Å². The molecule has 0 aliphatic heterocycles.